The molecule has 0 spiro atoms. The van der Waals surface area contributed by atoms with Gasteiger partial charge in [0.1, 0.15) is 5.75 Å². The van der Waals surface area contributed by atoms with E-state index in [9.17, 15) is 4.79 Å². The van der Waals surface area contributed by atoms with Crippen molar-refractivity contribution in [2.45, 2.75) is 6.42 Å². The molecule has 75 valence electrons. The molecule has 1 aromatic rings. The summed E-state index contributed by atoms with van der Waals surface area (Å²) in [7, 11) is 1.58. The third-order valence-corrected chi connectivity index (χ3v) is 1.88. The summed E-state index contributed by atoms with van der Waals surface area (Å²) in [5, 5.41) is 2.49. The maximum absolute atomic E-state index is 10.9. The number of nitrogens with one attached hydrogen (secondary N) is 1. The lowest BCUT2D eigenvalue weighted by Crippen LogP contribution is -2.25. The second-order valence-electron chi connectivity index (χ2n) is 2.82. The molecule has 1 rings (SSSR count). The molecule has 0 heterocycles. The van der Waals surface area contributed by atoms with Crippen LogP contribution < -0.4 is 10.1 Å². The predicted molar refractivity (Wildman–Crippen MR) is 55.1 cm³/mol. The van der Waals surface area contributed by atoms with Gasteiger partial charge in [0.05, 0.1) is 0 Å². The Balaban J connectivity index is 2.61. The molecular weight excluding hydrogens is 178 g/mol. The summed E-state index contributed by atoms with van der Waals surface area (Å²) >= 11 is 0. The van der Waals surface area contributed by atoms with E-state index in [1.165, 1.54) is 0 Å². The minimum atomic E-state index is -0.135. The smallest absolute Gasteiger partial charge is 0.257 e. The number of carbonyl (C=O) groups excluding carboxylic acids is 1. The summed E-state index contributed by atoms with van der Waals surface area (Å²) in [4.78, 5) is 10.9. The normalized spacial score (nSPS) is 9.57. The van der Waals surface area contributed by atoms with Crippen LogP contribution in [0.1, 0.15) is 5.56 Å². The van der Waals surface area contributed by atoms with Crippen molar-refractivity contribution in [1.82, 2.24) is 5.32 Å². The molecule has 0 saturated heterocycles. The van der Waals surface area contributed by atoms with Crippen molar-refractivity contribution in [3.8, 4) is 5.75 Å². The van der Waals surface area contributed by atoms with E-state index in [0.717, 1.165) is 11.3 Å². The molecule has 1 radical (unpaired) electrons. The van der Waals surface area contributed by atoms with Gasteiger partial charge in [-0.1, -0.05) is 18.2 Å². The Hall–Kier alpha value is -1.51. The Labute approximate surface area is 84.1 Å². The van der Waals surface area contributed by atoms with Crippen molar-refractivity contribution >= 4 is 5.91 Å². The Bertz CT molecular complexity index is 310. The molecule has 0 atom stereocenters. The zero-order valence-electron chi connectivity index (χ0n) is 8.25. The molecule has 1 aromatic carbocycles. The first-order valence-electron chi connectivity index (χ1n) is 4.48. The van der Waals surface area contributed by atoms with Gasteiger partial charge in [-0.15, -0.1) is 0 Å². The number of hydrogen-bond donors (Lipinski definition) is 1. The summed E-state index contributed by atoms with van der Waals surface area (Å²) in [6, 6.07) is 7.57. The SMILES string of the molecule is [CH2]Cc1ccccc1OCC(=O)NC. The first kappa shape index (κ1) is 10.6. The molecule has 0 aromatic heterocycles. The van der Waals surface area contributed by atoms with E-state index in [0.29, 0.717) is 6.42 Å². The molecule has 1 N–H and O–H groups in total. The first-order valence-corrected chi connectivity index (χ1v) is 4.48. The molecular formula is C11H14NO2. The highest BCUT2D eigenvalue weighted by atomic mass is 16.5. The van der Waals surface area contributed by atoms with Crippen LogP contribution in [-0.4, -0.2) is 19.6 Å². The van der Waals surface area contributed by atoms with E-state index in [4.69, 9.17) is 4.74 Å². The van der Waals surface area contributed by atoms with Crippen molar-refractivity contribution in [3.63, 3.8) is 0 Å². The molecule has 0 saturated carbocycles. The van der Waals surface area contributed by atoms with Gasteiger partial charge in [0.15, 0.2) is 6.61 Å². The van der Waals surface area contributed by atoms with Gasteiger partial charge in [-0.2, -0.15) is 0 Å². The number of benzene rings is 1. The van der Waals surface area contributed by atoms with Crippen molar-refractivity contribution < 1.29 is 9.53 Å². The number of likely N-dealkylation sites (N-methyl/N-ethyl adjacent to an activating group) is 1. The van der Waals surface area contributed by atoms with Gasteiger partial charge in [0, 0.05) is 7.05 Å². The van der Waals surface area contributed by atoms with Crippen LogP contribution in [0.25, 0.3) is 0 Å². The third-order valence-electron chi connectivity index (χ3n) is 1.88. The van der Waals surface area contributed by atoms with Crippen LogP contribution in [0, 0.1) is 6.92 Å². The number of hydrogen-bond acceptors (Lipinski definition) is 2. The quantitative estimate of drug-likeness (QED) is 0.778. The average molecular weight is 192 g/mol. The maximum Gasteiger partial charge on any atom is 0.257 e. The molecule has 0 fully saturated rings. The Morgan fingerprint density at radius 1 is 1.50 bits per heavy atom. The van der Waals surface area contributed by atoms with Gasteiger partial charge >= 0.3 is 0 Å². The number of para-hydroxylation sites is 1. The summed E-state index contributed by atoms with van der Waals surface area (Å²) in [5.41, 5.74) is 1.01. The molecule has 0 aliphatic heterocycles. The van der Waals surface area contributed by atoms with Crippen LogP contribution in [0.2, 0.25) is 0 Å². The van der Waals surface area contributed by atoms with Gasteiger partial charge in [-0.25, -0.2) is 0 Å². The zero-order chi connectivity index (χ0) is 10.4. The van der Waals surface area contributed by atoms with E-state index in [2.05, 4.69) is 12.2 Å². The first-order chi connectivity index (χ1) is 6.77. The molecule has 3 heteroatoms. The highest BCUT2D eigenvalue weighted by molar-refractivity contribution is 5.77. The van der Waals surface area contributed by atoms with Crippen molar-refractivity contribution in [2.75, 3.05) is 13.7 Å². The van der Waals surface area contributed by atoms with Gasteiger partial charge in [-0.3, -0.25) is 4.79 Å². The van der Waals surface area contributed by atoms with E-state index >= 15 is 0 Å². The maximum atomic E-state index is 10.9. The lowest BCUT2D eigenvalue weighted by Gasteiger charge is -2.08. The summed E-state index contributed by atoms with van der Waals surface area (Å²) in [6.45, 7) is 3.83. The second-order valence-corrected chi connectivity index (χ2v) is 2.82. The van der Waals surface area contributed by atoms with Crippen molar-refractivity contribution in [1.29, 1.82) is 0 Å². The topological polar surface area (TPSA) is 38.3 Å². The fourth-order valence-electron chi connectivity index (χ4n) is 1.07. The van der Waals surface area contributed by atoms with Crippen LogP contribution in [0.3, 0.4) is 0 Å². The number of ether oxygens (including phenoxy) is 1. The van der Waals surface area contributed by atoms with E-state index in [1.54, 1.807) is 7.05 Å². The highest BCUT2D eigenvalue weighted by Gasteiger charge is 2.03. The Morgan fingerprint density at radius 2 is 2.21 bits per heavy atom. The monoisotopic (exact) mass is 192 g/mol. The predicted octanol–water partition coefficient (Wildman–Crippen LogP) is 1.19. The van der Waals surface area contributed by atoms with Crippen molar-refractivity contribution in [2.24, 2.45) is 0 Å². The van der Waals surface area contributed by atoms with Gasteiger partial charge in [-0.05, 0) is 25.0 Å². The third kappa shape index (κ3) is 2.76. The number of amides is 1. The minimum Gasteiger partial charge on any atom is -0.483 e. The molecule has 3 nitrogen and oxygen atoms in total. The molecule has 0 bridgehead atoms. The lowest BCUT2D eigenvalue weighted by molar-refractivity contribution is -0.122. The van der Waals surface area contributed by atoms with Crippen LogP contribution in [-0.2, 0) is 11.2 Å². The molecule has 1 amide bonds. The van der Waals surface area contributed by atoms with E-state index < -0.39 is 0 Å². The van der Waals surface area contributed by atoms with Crippen LogP contribution >= 0.6 is 0 Å². The van der Waals surface area contributed by atoms with Crippen LogP contribution in [0.5, 0.6) is 5.75 Å². The molecule has 0 aliphatic rings. The number of carbonyl (C=O) groups is 1. The summed E-state index contributed by atoms with van der Waals surface area (Å²) in [6.07, 6.45) is 0.657. The van der Waals surface area contributed by atoms with E-state index in [1.807, 2.05) is 24.3 Å². The lowest BCUT2D eigenvalue weighted by atomic mass is 10.1. The molecule has 0 aliphatic carbocycles. The summed E-state index contributed by atoms with van der Waals surface area (Å²) in [5.74, 6) is 0.593. The van der Waals surface area contributed by atoms with Gasteiger partial charge in [0.2, 0.25) is 0 Å². The molecule has 14 heavy (non-hydrogen) atoms. The zero-order valence-corrected chi connectivity index (χ0v) is 8.25. The Morgan fingerprint density at radius 3 is 2.86 bits per heavy atom. The van der Waals surface area contributed by atoms with Crippen molar-refractivity contribution in [3.05, 3.63) is 36.8 Å². The molecule has 0 unspecified atom stereocenters. The van der Waals surface area contributed by atoms with Gasteiger partial charge in [0.25, 0.3) is 5.91 Å². The fourth-order valence-corrected chi connectivity index (χ4v) is 1.07. The largest absolute Gasteiger partial charge is 0.483 e. The average Bonchev–Trinajstić information content (AvgIpc) is 2.26. The standard InChI is InChI=1S/C11H14NO2/c1-3-9-6-4-5-7-10(9)14-8-11(13)12-2/h4-7H,1,3,8H2,2H3,(H,12,13). The fraction of sp³-hybridized carbons (Fsp3) is 0.273. The van der Waals surface area contributed by atoms with Crippen LogP contribution in [0.4, 0.5) is 0 Å². The van der Waals surface area contributed by atoms with E-state index in [-0.39, 0.29) is 12.5 Å². The van der Waals surface area contributed by atoms with Gasteiger partial charge < -0.3 is 10.1 Å². The Kier molecular flexibility index (Phi) is 3.98. The number of rotatable bonds is 4. The summed E-state index contributed by atoms with van der Waals surface area (Å²) < 4.78 is 5.33. The highest BCUT2D eigenvalue weighted by Crippen LogP contribution is 2.17. The van der Waals surface area contributed by atoms with Crippen LogP contribution in [0.15, 0.2) is 24.3 Å². The minimum absolute atomic E-state index is 0.0491. The second kappa shape index (κ2) is 5.27.